The third-order valence-corrected chi connectivity index (χ3v) is 13.8. The first-order chi connectivity index (χ1) is 27.0. The maximum Gasteiger partial charge on any atom is 0.263 e. The first kappa shape index (κ1) is 39.2. The molecule has 2 saturated heterocycles. The Bertz CT molecular complexity index is 2480. The maximum absolute atomic E-state index is 14.1. The maximum atomic E-state index is 14.1. The zero-order valence-electron chi connectivity index (χ0n) is 30.3. The van der Waals surface area contributed by atoms with Crippen molar-refractivity contribution in [1.29, 1.82) is 0 Å². The summed E-state index contributed by atoms with van der Waals surface area (Å²) in [6.07, 6.45) is 4.86. The number of fused-ring (bicyclic) bond motifs is 1. The van der Waals surface area contributed by atoms with E-state index in [0.717, 1.165) is 37.6 Å². The standard InChI is InChI=1S/C24H24FN5O3S2.C13H16N4O2S2/c1-17(30-10-8-20-21(25)6-3-7-22(20)30)23(31)29-13-11-28(12-14-29)18-4-2-5-19(16-18)35(32,33)27-24-26-9-15-34-24;18-21(19,16-13-15-6-9-20-13)12-3-1-2-11(10-12)17-7-4-14-5-8-17/h2-10,15-17H,11-14H2,1H3,(H,26,27);1-3,6,9-10,14H,4-5,7-8H2,(H,15,16)/t17-;/m0./s1. The monoisotopic (exact) mass is 837 g/mol. The van der Waals surface area contributed by atoms with Crippen molar-refractivity contribution in [3.05, 3.63) is 108 Å². The van der Waals surface area contributed by atoms with E-state index in [1.54, 1.807) is 81.2 Å². The highest BCUT2D eigenvalue weighted by Crippen LogP contribution is 2.27. The second-order valence-corrected chi connectivity index (χ2v) is 18.2. The molecule has 1 atom stereocenters. The molecule has 3 aromatic carbocycles. The van der Waals surface area contributed by atoms with Gasteiger partial charge in [0.05, 0.1) is 15.3 Å². The van der Waals surface area contributed by atoms with Gasteiger partial charge in [-0.1, -0.05) is 18.2 Å². The lowest BCUT2D eigenvalue weighted by Gasteiger charge is -2.37. The van der Waals surface area contributed by atoms with Crippen molar-refractivity contribution in [3.8, 4) is 0 Å². The molecule has 0 aliphatic carbocycles. The summed E-state index contributed by atoms with van der Waals surface area (Å²) in [7, 11) is -7.34. The van der Waals surface area contributed by atoms with Gasteiger partial charge in [-0.05, 0) is 61.5 Å². The first-order valence-electron chi connectivity index (χ1n) is 17.8. The summed E-state index contributed by atoms with van der Waals surface area (Å²) in [5.41, 5.74) is 2.39. The number of anilines is 4. The van der Waals surface area contributed by atoms with E-state index in [1.807, 2.05) is 25.1 Å². The van der Waals surface area contributed by atoms with Gasteiger partial charge in [-0.2, -0.15) is 0 Å². The molecule has 0 spiro atoms. The van der Waals surface area contributed by atoms with Crippen LogP contribution in [0.4, 0.5) is 26.0 Å². The van der Waals surface area contributed by atoms with Crippen LogP contribution >= 0.6 is 22.7 Å². The molecule has 56 heavy (non-hydrogen) atoms. The van der Waals surface area contributed by atoms with Crippen LogP contribution in [0.3, 0.4) is 0 Å². The number of sulfonamides is 2. The van der Waals surface area contributed by atoms with E-state index >= 15 is 0 Å². The number of piperazine rings is 2. The Hall–Kier alpha value is -5.08. The van der Waals surface area contributed by atoms with E-state index < -0.39 is 26.1 Å². The van der Waals surface area contributed by atoms with E-state index in [9.17, 15) is 26.0 Å². The molecule has 2 fully saturated rings. The molecule has 1 amide bonds. The van der Waals surface area contributed by atoms with Crippen molar-refractivity contribution in [2.24, 2.45) is 0 Å². The van der Waals surface area contributed by atoms with Gasteiger partial charge < -0.3 is 24.6 Å². The molecule has 0 bridgehead atoms. The molecule has 0 unspecified atom stereocenters. The number of hydrogen-bond donors (Lipinski definition) is 3. The predicted octanol–water partition coefficient (Wildman–Crippen LogP) is 5.30. The molecule has 14 nitrogen and oxygen atoms in total. The van der Waals surface area contributed by atoms with Crippen LogP contribution in [0.25, 0.3) is 10.9 Å². The predicted molar refractivity (Wildman–Crippen MR) is 219 cm³/mol. The van der Waals surface area contributed by atoms with Gasteiger partial charge >= 0.3 is 0 Å². The van der Waals surface area contributed by atoms with E-state index in [4.69, 9.17) is 0 Å². The third kappa shape index (κ3) is 8.97. The summed E-state index contributed by atoms with van der Waals surface area (Å²) in [5, 5.41) is 7.90. The van der Waals surface area contributed by atoms with Crippen LogP contribution in [0.1, 0.15) is 13.0 Å². The number of hydrogen-bond acceptors (Lipinski definition) is 12. The quantitative estimate of drug-likeness (QED) is 0.165. The molecular weight excluding hydrogens is 798 g/mol. The number of rotatable bonds is 10. The zero-order chi connectivity index (χ0) is 39.3. The molecule has 3 aromatic heterocycles. The van der Waals surface area contributed by atoms with Gasteiger partial charge in [0.2, 0.25) is 5.91 Å². The molecule has 294 valence electrons. The summed E-state index contributed by atoms with van der Waals surface area (Å²) in [5.74, 6) is -0.337. The van der Waals surface area contributed by atoms with Crippen molar-refractivity contribution in [2.45, 2.75) is 22.8 Å². The van der Waals surface area contributed by atoms with Crippen LogP contribution in [0.15, 0.2) is 112 Å². The normalized spacial score (nSPS) is 15.6. The second kappa shape index (κ2) is 17.0. The third-order valence-electron chi connectivity index (χ3n) is 9.49. The minimum Gasteiger partial charge on any atom is -0.369 e. The average molecular weight is 838 g/mol. The van der Waals surface area contributed by atoms with Crippen LogP contribution < -0.4 is 24.6 Å². The first-order valence-corrected chi connectivity index (χ1v) is 22.5. The molecule has 3 N–H and O–H groups in total. The van der Waals surface area contributed by atoms with E-state index in [-0.39, 0.29) is 21.5 Å². The van der Waals surface area contributed by atoms with Gasteiger partial charge in [-0.3, -0.25) is 14.2 Å². The minimum atomic E-state index is -3.75. The fourth-order valence-electron chi connectivity index (χ4n) is 6.57. The summed E-state index contributed by atoms with van der Waals surface area (Å²) in [6.45, 7) is 7.56. The Labute approximate surface area is 332 Å². The zero-order valence-corrected chi connectivity index (χ0v) is 33.6. The Morgan fingerprint density at radius 2 is 1.29 bits per heavy atom. The van der Waals surface area contributed by atoms with Gasteiger partial charge in [0, 0.05) is 98.5 Å². The highest BCUT2D eigenvalue weighted by Gasteiger charge is 2.27. The van der Waals surface area contributed by atoms with Crippen molar-refractivity contribution in [3.63, 3.8) is 0 Å². The van der Waals surface area contributed by atoms with Gasteiger partial charge in [-0.25, -0.2) is 31.2 Å². The SMILES string of the molecule is C[C@@H](C(=O)N1CCN(c2cccc(S(=O)(=O)Nc3nccs3)c2)CC1)n1ccc2c(F)cccc21.O=S(=O)(Nc1nccs1)c1cccc(N2CCNCC2)c1. The summed E-state index contributed by atoms with van der Waals surface area (Å²) < 4.78 is 71.0. The van der Waals surface area contributed by atoms with Gasteiger partial charge in [0.15, 0.2) is 10.3 Å². The molecule has 0 radical (unpaired) electrons. The fourth-order valence-corrected chi connectivity index (χ4v) is 10.2. The Balaban J connectivity index is 0.000000195. The van der Waals surface area contributed by atoms with E-state index in [0.29, 0.717) is 47.3 Å². The van der Waals surface area contributed by atoms with E-state index in [2.05, 4.69) is 34.5 Å². The van der Waals surface area contributed by atoms with Gasteiger partial charge in [0.25, 0.3) is 20.0 Å². The molecule has 8 rings (SSSR count). The Morgan fingerprint density at radius 1 is 0.750 bits per heavy atom. The Morgan fingerprint density at radius 3 is 1.82 bits per heavy atom. The number of carbonyl (C=O) groups excluding carboxylic acids is 1. The lowest BCUT2D eigenvalue weighted by atomic mass is 10.2. The summed E-state index contributed by atoms with van der Waals surface area (Å²) >= 11 is 2.47. The van der Waals surface area contributed by atoms with Crippen LogP contribution in [-0.2, 0) is 24.8 Å². The number of nitrogens with zero attached hydrogens (tertiary/aromatic N) is 6. The molecule has 0 saturated carbocycles. The lowest BCUT2D eigenvalue weighted by Crippen LogP contribution is -2.50. The number of amides is 1. The van der Waals surface area contributed by atoms with Crippen molar-refractivity contribution < 1.29 is 26.0 Å². The fraction of sp³-hybridized carbons (Fsp3) is 0.270. The number of benzene rings is 3. The molecule has 2 aliphatic heterocycles. The molecule has 5 heterocycles. The van der Waals surface area contributed by atoms with Crippen LogP contribution in [0.5, 0.6) is 0 Å². The number of nitrogens with one attached hydrogen (secondary N) is 3. The summed E-state index contributed by atoms with van der Waals surface area (Å²) in [4.78, 5) is 27.6. The van der Waals surface area contributed by atoms with Gasteiger partial charge in [0.1, 0.15) is 11.9 Å². The van der Waals surface area contributed by atoms with Gasteiger partial charge in [-0.15, -0.1) is 22.7 Å². The Kier molecular flexibility index (Phi) is 11.9. The average Bonchev–Trinajstić information content (AvgIpc) is 4.02. The second-order valence-electron chi connectivity index (χ2n) is 13.0. The highest BCUT2D eigenvalue weighted by atomic mass is 32.2. The highest BCUT2D eigenvalue weighted by molar-refractivity contribution is 7.93. The number of thiazole rings is 2. The number of halogens is 1. The minimum absolute atomic E-state index is 0.0320. The van der Waals surface area contributed by atoms with Crippen molar-refractivity contribution in [1.82, 2.24) is 24.8 Å². The lowest BCUT2D eigenvalue weighted by molar-refractivity contribution is -0.134. The molecule has 2 aliphatic rings. The smallest absolute Gasteiger partial charge is 0.263 e. The van der Waals surface area contributed by atoms with Crippen molar-refractivity contribution >= 4 is 81.2 Å². The number of aromatic nitrogens is 3. The van der Waals surface area contributed by atoms with Crippen molar-refractivity contribution in [2.75, 3.05) is 71.6 Å². The topological polar surface area (TPSA) is 162 Å². The number of carbonyl (C=O) groups is 1. The van der Waals surface area contributed by atoms with E-state index in [1.165, 1.54) is 34.9 Å². The van der Waals surface area contributed by atoms with Crippen LogP contribution in [0.2, 0.25) is 0 Å². The molecule has 6 aromatic rings. The molecule has 19 heteroatoms. The largest absolute Gasteiger partial charge is 0.369 e. The van der Waals surface area contributed by atoms with Crippen LogP contribution in [0, 0.1) is 5.82 Å². The van der Waals surface area contributed by atoms with Crippen LogP contribution in [-0.4, -0.2) is 94.5 Å². The molecular formula is C37H40FN9O5S4. The summed E-state index contributed by atoms with van der Waals surface area (Å²) in [6, 6.07) is 19.9.